The SMILES string of the molecule is CC#CC#CC#CC=CCOC(=O)CC(C)C. The fourth-order valence-corrected chi connectivity index (χ4v) is 0.843. The first-order valence-corrected chi connectivity index (χ1v) is 5.39. The van der Waals surface area contributed by atoms with Gasteiger partial charge >= 0.3 is 5.97 Å². The van der Waals surface area contributed by atoms with Crippen molar-refractivity contribution < 1.29 is 9.53 Å². The Hall–Kier alpha value is -2.11. The number of esters is 1. The number of rotatable bonds is 4. The van der Waals surface area contributed by atoms with E-state index >= 15 is 0 Å². The van der Waals surface area contributed by atoms with Gasteiger partial charge in [-0.15, -0.1) is 0 Å². The molecule has 0 rings (SSSR count). The van der Waals surface area contributed by atoms with Gasteiger partial charge in [-0.2, -0.15) is 0 Å². The molecule has 2 nitrogen and oxygen atoms in total. The summed E-state index contributed by atoms with van der Waals surface area (Å²) in [6.07, 6.45) is 3.73. The highest BCUT2D eigenvalue weighted by molar-refractivity contribution is 5.69. The van der Waals surface area contributed by atoms with E-state index in [0.29, 0.717) is 12.3 Å². The molecule has 0 aromatic heterocycles. The number of carbonyl (C=O) groups is 1. The Morgan fingerprint density at radius 2 is 1.94 bits per heavy atom. The number of hydrogen-bond donors (Lipinski definition) is 0. The standard InChI is InChI=1S/C15H16O2/c1-4-5-6-7-8-9-10-11-12-17-15(16)13-14(2)3/h10-11,14H,12-13H2,1-3H3. The van der Waals surface area contributed by atoms with Gasteiger partial charge < -0.3 is 4.74 Å². The predicted octanol–water partition coefficient (Wildman–Crippen LogP) is 2.16. The summed E-state index contributed by atoms with van der Waals surface area (Å²) in [6.45, 7) is 5.91. The topological polar surface area (TPSA) is 26.3 Å². The molecule has 88 valence electrons. The quantitative estimate of drug-likeness (QED) is 0.544. The van der Waals surface area contributed by atoms with Gasteiger partial charge in [0.25, 0.3) is 0 Å². The molecule has 0 spiro atoms. The van der Waals surface area contributed by atoms with Crippen molar-refractivity contribution in [2.24, 2.45) is 5.92 Å². The highest BCUT2D eigenvalue weighted by Crippen LogP contribution is 2.00. The lowest BCUT2D eigenvalue weighted by Crippen LogP contribution is -2.07. The molecule has 2 heteroatoms. The zero-order valence-electron chi connectivity index (χ0n) is 10.5. The van der Waals surface area contributed by atoms with E-state index in [2.05, 4.69) is 35.5 Å². The van der Waals surface area contributed by atoms with Crippen molar-refractivity contribution in [2.75, 3.05) is 6.61 Å². The summed E-state index contributed by atoms with van der Waals surface area (Å²) < 4.78 is 4.95. The van der Waals surface area contributed by atoms with E-state index in [0.717, 1.165) is 0 Å². The highest BCUT2D eigenvalue weighted by atomic mass is 16.5. The third-order valence-corrected chi connectivity index (χ3v) is 1.50. The molecule has 0 bridgehead atoms. The Morgan fingerprint density at radius 1 is 1.24 bits per heavy atom. The summed E-state index contributed by atoms with van der Waals surface area (Å²) in [5, 5.41) is 0. The molecule has 0 aliphatic heterocycles. The second-order valence-electron chi connectivity index (χ2n) is 3.58. The first kappa shape index (κ1) is 14.9. The minimum Gasteiger partial charge on any atom is -0.461 e. The van der Waals surface area contributed by atoms with Crippen LogP contribution in [0, 0.1) is 41.4 Å². The Labute approximate surface area is 103 Å². The van der Waals surface area contributed by atoms with E-state index in [1.165, 1.54) is 0 Å². The van der Waals surface area contributed by atoms with Crippen LogP contribution in [0.5, 0.6) is 0 Å². The van der Waals surface area contributed by atoms with E-state index in [9.17, 15) is 4.79 Å². The first-order valence-electron chi connectivity index (χ1n) is 5.39. The molecule has 0 fully saturated rings. The molecule has 0 amide bonds. The molecule has 0 aliphatic carbocycles. The Bertz CT molecular complexity index is 437. The average Bonchev–Trinajstić information content (AvgIpc) is 2.26. The van der Waals surface area contributed by atoms with Crippen LogP contribution in [0.3, 0.4) is 0 Å². The van der Waals surface area contributed by atoms with Gasteiger partial charge in [-0.05, 0) is 48.7 Å². The Morgan fingerprint density at radius 3 is 2.59 bits per heavy atom. The molecular formula is C15H16O2. The minimum absolute atomic E-state index is 0.185. The number of ether oxygens (including phenoxy) is 1. The maximum absolute atomic E-state index is 11.1. The molecule has 0 heterocycles. The number of allylic oxidation sites excluding steroid dienone is 1. The third kappa shape index (κ3) is 11.8. The molecule has 0 saturated carbocycles. The predicted molar refractivity (Wildman–Crippen MR) is 68.6 cm³/mol. The van der Waals surface area contributed by atoms with Crippen molar-refractivity contribution in [3.63, 3.8) is 0 Å². The van der Waals surface area contributed by atoms with Crippen molar-refractivity contribution in [1.82, 2.24) is 0 Å². The molecule has 0 aromatic carbocycles. The summed E-state index contributed by atoms with van der Waals surface area (Å²) in [6, 6.07) is 0. The summed E-state index contributed by atoms with van der Waals surface area (Å²) in [5.41, 5.74) is 0. The van der Waals surface area contributed by atoms with Gasteiger partial charge in [0.1, 0.15) is 6.61 Å². The fourth-order valence-electron chi connectivity index (χ4n) is 0.843. The maximum atomic E-state index is 11.1. The summed E-state index contributed by atoms with van der Waals surface area (Å²) in [7, 11) is 0. The van der Waals surface area contributed by atoms with Crippen molar-refractivity contribution in [1.29, 1.82) is 0 Å². The van der Waals surface area contributed by atoms with Gasteiger partial charge in [0, 0.05) is 6.42 Å². The van der Waals surface area contributed by atoms with Crippen LogP contribution in [0.15, 0.2) is 12.2 Å². The van der Waals surface area contributed by atoms with E-state index in [1.54, 1.807) is 19.1 Å². The second-order valence-corrected chi connectivity index (χ2v) is 3.58. The summed E-state index contributed by atoms with van der Waals surface area (Å²) >= 11 is 0. The van der Waals surface area contributed by atoms with Crippen LogP contribution in [0.1, 0.15) is 27.2 Å². The maximum Gasteiger partial charge on any atom is 0.306 e. The largest absolute Gasteiger partial charge is 0.461 e. The molecule has 0 unspecified atom stereocenters. The van der Waals surface area contributed by atoms with Crippen molar-refractivity contribution in [3.05, 3.63) is 12.2 Å². The van der Waals surface area contributed by atoms with Gasteiger partial charge in [0.05, 0.1) is 0 Å². The second kappa shape index (κ2) is 10.4. The van der Waals surface area contributed by atoms with Crippen LogP contribution < -0.4 is 0 Å². The summed E-state index contributed by atoms with van der Waals surface area (Å²) in [5.74, 6) is 15.8. The molecule has 0 radical (unpaired) electrons. The van der Waals surface area contributed by atoms with Crippen LogP contribution in [-0.4, -0.2) is 12.6 Å². The van der Waals surface area contributed by atoms with E-state index in [-0.39, 0.29) is 12.6 Å². The summed E-state index contributed by atoms with van der Waals surface area (Å²) in [4.78, 5) is 11.1. The number of carbonyl (C=O) groups excluding carboxylic acids is 1. The van der Waals surface area contributed by atoms with E-state index in [1.807, 2.05) is 13.8 Å². The molecular weight excluding hydrogens is 212 g/mol. The normalized spacial score (nSPS) is 8.47. The van der Waals surface area contributed by atoms with E-state index in [4.69, 9.17) is 4.74 Å². The van der Waals surface area contributed by atoms with Gasteiger partial charge in [-0.1, -0.05) is 25.7 Å². The van der Waals surface area contributed by atoms with Crippen LogP contribution in [0.4, 0.5) is 0 Å². The van der Waals surface area contributed by atoms with Crippen LogP contribution in [0.2, 0.25) is 0 Å². The van der Waals surface area contributed by atoms with Gasteiger partial charge in [-0.3, -0.25) is 4.79 Å². The van der Waals surface area contributed by atoms with Crippen molar-refractivity contribution in [3.8, 4) is 35.5 Å². The Kier molecular flexibility index (Phi) is 9.12. The third-order valence-electron chi connectivity index (χ3n) is 1.50. The van der Waals surface area contributed by atoms with E-state index < -0.39 is 0 Å². The van der Waals surface area contributed by atoms with Crippen LogP contribution in [0.25, 0.3) is 0 Å². The molecule has 0 aromatic rings. The zero-order valence-corrected chi connectivity index (χ0v) is 10.5. The highest BCUT2D eigenvalue weighted by Gasteiger charge is 2.03. The fraction of sp³-hybridized carbons (Fsp3) is 0.400. The monoisotopic (exact) mass is 228 g/mol. The van der Waals surface area contributed by atoms with Crippen molar-refractivity contribution in [2.45, 2.75) is 27.2 Å². The van der Waals surface area contributed by atoms with Gasteiger partial charge in [0.2, 0.25) is 0 Å². The smallest absolute Gasteiger partial charge is 0.306 e. The van der Waals surface area contributed by atoms with Crippen LogP contribution in [-0.2, 0) is 9.53 Å². The lowest BCUT2D eigenvalue weighted by atomic mass is 10.1. The van der Waals surface area contributed by atoms with Gasteiger partial charge in [-0.25, -0.2) is 0 Å². The first-order chi connectivity index (χ1) is 8.16. The lowest BCUT2D eigenvalue weighted by molar-refractivity contribution is -0.143. The zero-order chi connectivity index (χ0) is 12.9. The Balaban J connectivity index is 3.78. The molecule has 0 N–H and O–H groups in total. The molecule has 0 saturated heterocycles. The van der Waals surface area contributed by atoms with Gasteiger partial charge in [0.15, 0.2) is 0 Å². The molecule has 0 atom stereocenters. The lowest BCUT2D eigenvalue weighted by Gasteiger charge is -2.03. The number of hydrogen-bond acceptors (Lipinski definition) is 2. The molecule has 17 heavy (non-hydrogen) atoms. The van der Waals surface area contributed by atoms with Crippen molar-refractivity contribution >= 4 is 5.97 Å². The van der Waals surface area contributed by atoms with Crippen LogP contribution >= 0.6 is 0 Å². The average molecular weight is 228 g/mol. The minimum atomic E-state index is -0.185. The molecule has 0 aliphatic rings.